The van der Waals surface area contributed by atoms with Gasteiger partial charge in [-0.2, -0.15) is 18.4 Å². The summed E-state index contributed by atoms with van der Waals surface area (Å²) in [5.74, 6) is -1.29. The maximum atomic E-state index is 12.6. The fourth-order valence-electron chi connectivity index (χ4n) is 1.39. The van der Waals surface area contributed by atoms with Crippen LogP contribution in [0.3, 0.4) is 0 Å². The Morgan fingerprint density at radius 2 is 1.89 bits per heavy atom. The zero-order valence-corrected chi connectivity index (χ0v) is 9.35. The number of carbonyl (C=O) groups excluding carboxylic acids is 1. The van der Waals surface area contributed by atoms with Crippen molar-refractivity contribution in [1.82, 2.24) is 0 Å². The molecule has 19 heavy (non-hydrogen) atoms. The number of alkyl halides is 3. The SMILES string of the molecule is N#Cc1cc(C(O)C(O)C(N)=O)cc(C(F)(F)F)c1. The summed E-state index contributed by atoms with van der Waals surface area (Å²) in [5.41, 5.74) is 2.78. The maximum absolute atomic E-state index is 12.6. The van der Waals surface area contributed by atoms with Gasteiger partial charge in [-0.15, -0.1) is 0 Å². The van der Waals surface area contributed by atoms with Crippen molar-refractivity contribution in [3.63, 3.8) is 0 Å². The monoisotopic (exact) mass is 274 g/mol. The second-order valence-electron chi connectivity index (χ2n) is 3.75. The Labute approximate surface area is 105 Å². The van der Waals surface area contributed by atoms with E-state index in [-0.39, 0.29) is 5.56 Å². The topological polar surface area (TPSA) is 107 Å². The van der Waals surface area contributed by atoms with Crippen LogP contribution in [0.4, 0.5) is 13.2 Å². The molecule has 8 heteroatoms. The van der Waals surface area contributed by atoms with E-state index in [4.69, 9.17) is 11.0 Å². The summed E-state index contributed by atoms with van der Waals surface area (Å²) in [6, 6.07) is 3.56. The molecule has 5 nitrogen and oxygen atoms in total. The number of halogens is 3. The molecule has 1 aromatic rings. The highest BCUT2D eigenvalue weighted by atomic mass is 19.4. The molecule has 4 N–H and O–H groups in total. The third-order valence-corrected chi connectivity index (χ3v) is 2.34. The van der Waals surface area contributed by atoms with Gasteiger partial charge in [-0.1, -0.05) is 0 Å². The molecule has 0 fully saturated rings. The van der Waals surface area contributed by atoms with Crippen LogP contribution in [0.1, 0.15) is 22.8 Å². The van der Waals surface area contributed by atoms with E-state index in [2.05, 4.69) is 0 Å². The fraction of sp³-hybridized carbons (Fsp3) is 0.273. The predicted molar refractivity (Wildman–Crippen MR) is 56.3 cm³/mol. The van der Waals surface area contributed by atoms with Crippen LogP contribution in [-0.2, 0) is 11.0 Å². The molecule has 1 amide bonds. The van der Waals surface area contributed by atoms with Gasteiger partial charge in [0.2, 0.25) is 5.91 Å². The van der Waals surface area contributed by atoms with Gasteiger partial charge in [0, 0.05) is 0 Å². The predicted octanol–water partition coefficient (Wildman–Crippen LogP) is 0.457. The number of carbonyl (C=O) groups is 1. The van der Waals surface area contributed by atoms with Crippen molar-refractivity contribution in [2.75, 3.05) is 0 Å². The first kappa shape index (κ1) is 14.9. The molecule has 102 valence electrons. The highest BCUT2D eigenvalue weighted by molar-refractivity contribution is 5.79. The van der Waals surface area contributed by atoms with Gasteiger partial charge in [0.1, 0.15) is 6.10 Å². The first-order valence-electron chi connectivity index (χ1n) is 4.94. The van der Waals surface area contributed by atoms with Crippen molar-refractivity contribution in [3.8, 4) is 6.07 Å². The molecule has 0 aliphatic carbocycles. The van der Waals surface area contributed by atoms with Crippen LogP contribution in [-0.4, -0.2) is 22.2 Å². The van der Waals surface area contributed by atoms with E-state index in [1.807, 2.05) is 0 Å². The Hall–Kier alpha value is -2.11. The minimum Gasteiger partial charge on any atom is -0.385 e. The van der Waals surface area contributed by atoms with Crippen molar-refractivity contribution in [2.45, 2.75) is 18.4 Å². The zero-order chi connectivity index (χ0) is 14.8. The van der Waals surface area contributed by atoms with Crippen LogP contribution >= 0.6 is 0 Å². The molecule has 0 spiro atoms. The average molecular weight is 274 g/mol. The number of nitrogens with two attached hydrogens (primary N) is 1. The van der Waals surface area contributed by atoms with E-state index < -0.39 is 35.4 Å². The van der Waals surface area contributed by atoms with Crippen LogP contribution < -0.4 is 5.73 Å². The summed E-state index contributed by atoms with van der Waals surface area (Å²) < 4.78 is 37.7. The van der Waals surface area contributed by atoms with Crippen LogP contribution in [0.25, 0.3) is 0 Å². The summed E-state index contributed by atoms with van der Waals surface area (Å²) in [4.78, 5) is 10.7. The van der Waals surface area contributed by atoms with E-state index >= 15 is 0 Å². The molecule has 0 bridgehead atoms. The fourth-order valence-corrected chi connectivity index (χ4v) is 1.39. The highest BCUT2D eigenvalue weighted by Crippen LogP contribution is 2.32. The van der Waals surface area contributed by atoms with Gasteiger partial charge in [0.15, 0.2) is 6.10 Å². The number of nitriles is 1. The summed E-state index contributed by atoms with van der Waals surface area (Å²) in [6.07, 6.45) is -8.72. The zero-order valence-electron chi connectivity index (χ0n) is 9.35. The first-order chi connectivity index (χ1) is 8.66. The Morgan fingerprint density at radius 1 is 1.32 bits per heavy atom. The lowest BCUT2D eigenvalue weighted by Crippen LogP contribution is -2.34. The van der Waals surface area contributed by atoms with Crippen molar-refractivity contribution in [2.24, 2.45) is 5.73 Å². The number of amides is 1. The van der Waals surface area contributed by atoms with Crippen molar-refractivity contribution < 1.29 is 28.2 Å². The number of aliphatic hydroxyl groups is 2. The minimum atomic E-state index is -4.72. The minimum absolute atomic E-state index is 0.361. The van der Waals surface area contributed by atoms with E-state index in [0.29, 0.717) is 12.1 Å². The number of aliphatic hydroxyl groups excluding tert-OH is 2. The van der Waals surface area contributed by atoms with Gasteiger partial charge in [-0.3, -0.25) is 4.79 Å². The maximum Gasteiger partial charge on any atom is 0.416 e. The second-order valence-corrected chi connectivity index (χ2v) is 3.75. The molecular formula is C11H9F3N2O3. The normalized spacial score (nSPS) is 14.5. The number of hydrogen-bond donors (Lipinski definition) is 3. The summed E-state index contributed by atoms with van der Waals surface area (Å²) in [6.45, 7) is 0. The lowest BCUT2D eigenvalue weighted by Gasteiger charge is -2.17. The summed E-state index contributed by atoms with van der Waals surface area (Å²) in [5, 5.41) is 27.4. The van der Waals surface area contributed by atoms with Gasteiger partial charge in [0.25, 0.3) is 0 Å². The molecule has 0 aliphatic rings. The third-order valence-electron chi connectivity index (χ3n) is 2.34. The molecule has 0 aliphatic heterocycles. The summed E-state index contributed by atoms with van der Waals surface area (Å²) in [7, 11) is 0. The smallest absolute Gasteiger partial charge is 0.385 e. The van der Waals surface area contributed by atoms with Crippen molar-refractivity contribution in [3.05, 3.63) is 34.9 Å². The van der Waals surface area contributed by atoms with Crippen LogP contribution in [0, 0.1) is 11.3 Å². The van der Waals surface area contributed by atoms with E-state index in [1.54, 1.807) is 0 Å². The Bertz CT molecular complexity index is 537. The molecule has 0 radical (unpaired) electrons. The lowest BCUT2D eigenvalue weighted by molar-refractivity contribution is -0.137. The van der Waals surface area contributed by atoms with Gasteiger partial charge in [0.05, 0.1) is 17.2 Å². The number of benzene rings is 1. The van der Waals surface area contributed by atoms with E-state index in [1.165, 1.54) is 6.07 Å². The number of primary amides is 1. The molecule has 0 saturated carbocycles. The Balaban J connectivity index is 3.29. The highest BCUT2D eigenvalue weighted by Gasteiger charge is 2.33. The molecule has 2 unspecified atom stereocenters. The van der Waals surface area contributed by atoms with Crippen molar-refractivity contribution >= 4 is 5.91 Å². The summed E-state index contributed by atoms with van der Waals surface area (Å²) >= 11 is 0. The van der Waals surface area contributed by atoms with Gasteiger partial charge >= 0.3 is 6.18 Å². The van der Waals surface area contributed by atoms with Crippen LogP contribution in [0.2, 0.25) is 0 Å². The number of hydrogen-bond acceptors (Lipinski definition) is 4. The van der Waals surface area contributed by atoms with Gasteiger partial charge < -0.3 is 15.9 Å². The van der Waals surface area contributed by atoms with Gasteiger partial charge in [-0.25, -0.2) is 0 Å². The van der Waals surface area contributed by atoms with Crippen LogP contribution in [0.15, 0.2) is 18.2 Å². The van der Waals surface area contributed by atoms with Crippen molar-refractivity contribution in [1.29, 1.82) is 5.26 Å². The first-order valence-corrected chi connectivity index (χ1v) is 4.94. The van der Waals surface area contributed by atoms with E-state index in [9.17, 15) is 28.2 Å². The number of nitrogens with zero attached hydrogens (tertiary/aromatic N) is 1. The standard InChI is InChI=1S/C11H9F3N2O3/c12-11(13,14)7-2-5(4-15)1-6(3-7)8(17)9(18)10(16)19/h1-3,8-9,17-18H,(H2,16,19). The molecule has 1 aromatic carbocycles. The second kappa shape index (κ2) is 5.26. The van der Waals surface area contributed by atoms with Gasteiger partial charge in [-0.05, 0) is 23.8 Å². The molecule has 0 saturated heterocycles. The number of rotatable bonds is 3. The molecular weight excluding hydrogens is 265 g/mol. The van der Waals surface area contributed by atoms with Crippen LogP contribution in [0.5, 0.6) is 0 Å². The Kier molecular flexibility index (Phi) is 4.14. The lowest BCUT2D eigenvalue weighted by atomic mass is 9.98. The molecule has 0 heterocycles. The molecule has 1 rings (SSSR count). The quantitative estimate of drug-likeness (QED) is 0.744. The third kappa shape index (κ3) is 3.43. The largest absolute Gasteiger partial charge is 0.416 e. The molecule has 2 atom stereocenters. The Morgan fingerprint density at radius 3 is 2.32 bits per heavy atom. The van der Waals surface area contributed by atoms with E-state index in [0.717, 1.165) is 6.07 Å². The molecule has 0 aromatic heterocycles. The average Bonchev–Trinajstić information content (AvgIpc) is 2.35.